The number of hydrogen-bond donors (Lipinski definition) is 1. The molecule has 28 heavy (non-hydrogen) atoms. The maximum atomic E-state index is 13.5. The molecule has 0 saturated heterocycles. The molecule has 1 N–H and O–H groups in total. The van der Waals surface area contributed by atoms with Crippen LogP contribution in [-0.2, 0) is 29.7 Å². The van der Waals surface area contributed by atoms with Crippen molar-refractivity contribution in [2.45, 2.75) is 76.3 Å². The average molecular weight is 383 g/mol. The smallest absolute Gasteiger partial charge is 0.231 e. The summed E-state index contributed by atoms with van der Waals surface area (Å²) in [5.41, 5.74) is 0.488. The fourth-order valence-electron chi connectivity index (χ4n) is 4.82. The first-order valence-corrected chi connectivity index (χ1v) is 10.6. The minimum Gasteiger partial charge on any atom is -0.496 e. The SMILES string of the molecule is COc1ccccc1C1(C(=O)NCc2nnc3n2CCCCC3)CCCCC1. The van der Waals surface area contributed by atoms with E-state index in [4.69, 9.17) is 4.74 Å². The molecule has 1 aliphatic heterocycles. The Morgan fingerprint density at radius 1 is 1.11 bits per heavy atom. The van der Waals surface area contributed by atoms with E-state index in [1.54, 1.807) is 7.11 Å². The van der Waals surface area contributed by atoms with E-state index in [1.807, 2.05) is 24.3 Å². The van der Waals surface area contributed by atoms with Gasteiger partial charge in [-0.25, -0.2) is 0 Å². The van der Waals surface area contributed by atoms with E-state index >= 15 is 0 Å². The van der Waals surface area contributed by atoms with Crippen LogP contribution in [-0.4, -0.2) is 27.8 Å². The number of fused-ring (bicyclic) bond motifs is 1. The lowest BCUT2D eigenvalue weighted by atomic mass is 9.68. The number of carbonyl (C=O) groups is 1. The van der Waals surface area contributed by atoms with Crippen molar-refractivity contribution in [3.8, 4) is 5.75 Å². The van der Waals surface area contributed by atoms with Gasteiger partial charge in [-0.3, -0.25) is 4.79 Å². The fourth-order valence-corrected chi connectivity index (χ4v) is 4.82. The molecule has 1 amide bonds. The molecule has 2 aliphatic rings. The van der Waals surface area contributed by atoms with Gasteiger partial charge in [0.1, 0.15) is 11.6 Å². The van der Waals surface area contributed by atoms with Gasteiger partial charge in [-0.15, -0.1) is 10.2 Å². The zero-order valence-corrected chi connectivity index (χ0v) is 16.7. The van der Waals surface area contributed by atoms with Crippen molar-refractivity contribution in [2.75, 3.05) is 7.11 Å². The Bertz CT molecular complexity index is 824. The summed E-state index contributed by atoms with van der Waals surface area (Å²) in [7, 11) is 1.68. The molecule has 2 heterocycles. The van der Waals surface area contributed by atoms with Crippen LogP contribution in [0.25, 0.3) is 0 Å². The van der Waals surface area contributed by atoms with E-state index < -0.39 is 5.41 Å². The topological polar surface area (TPSA) is 69.0 Å². The molecule has 0 radical (unpaired) electrons. The minimum atomic E-state index is -0.521. The maximum Gasteiger partial charge on any atom is 0.231 e. The fraction of sp³-hybridized carbons (Fsp3) is 0.591. The first-order chi connectivity index (χ1) is 13.7. The second kappa shape index (κ2) is 8.33. The second-order valence-corrected chi connectivity index (χ2v) is 8.02. The van der Waals surface area contributed by atoms with Crippen molar-refractivity contribution in [2.24, 2.45) is 0 Å². The number of hydrogen-bond acceptors (Lipinski definition) is 4. The van der Waals surface area contributed by atoms with Gasteiger partial charge in [0.05, 0.1) is 19.1 Å². The van der Waals surface area contributed by atoms with E-state index in [9.17, 15) is 4.79 Å². The molecule has 0 atom stereocenters. The zero-order valence-electron chi connectivity index (χ0n) is 16.7. The first-order valence-electron chi connectivity index (χ1n) is 10.6. The van der Waals surface area contributed by atoms with Crippen LogP contribution < -0.4 is 10.1 Å². The van der Waals surface area contributed by atoms with Crippen LogP contribution in [0.3, 0.4) is 0 Å². The van der Waals surface area contributed by atoms with E-state index in [0.29, 0.717) is 6.54 Å². The average Bonchev–Trinajstić information content (AvgIpc) is 2.98. The summed E-state index contributed by atoms with van der Waals surface area (Å²) in [5, 5.41) is 11.9. The summed E-state index contributed by atoms with van der Waals surface area (Å²) in [6, 6.07) is 7.96. The van der Waals surface area contributed by atoms with Crippen molar-refractivity contribution >= 4 is 5.91 Å². The number of nitrogens with one attached hydrogen (secondary N) is 1. The number of carbonyl (C=O) groups excluding carboxylic acids is 1. The number of nitrogens with zero attached hydrogens (tertiary/aromatic N) is 3. The summed E-state index contributed by atoms with van der Waals surface area (Å²) >= 11 is 0. The van der Waals surface area contributed by atoms with Crippen LogP contribution in [0.1, 0.15) is 68.6 Å². The van der Waals surface area contributed by atoms with Crippen LogP contribution >= 0.6 is 0 Å². The Labute approximate surface area is 166 Å². The number of aromatic nitrogens is 3. The Kier molecular flexibility index (Phi) is 5.64. The number of ether oxygens (including phenoxy) is 1. The van der Waals surface area contributed by atoms with Crippen molar-refractivity contribution in [1.82, 2.24) is 20.1 Å². The van der Waals surface area contributed by atoms with Gasteiger partial charge in [-0.2, -0.15) is 0 Å². The molecule has 1 aromatic heterocycles. The Morgan fingerprint density at radius 2 is 1.89 bits per heavy atom. The van der Waals surface area contributed by atoms with E-state index in [-0.39, 0.29) is 5.91 Å². The highest BCUT2D eigenvalue weighted by molar-refractivity contribution is 5.89. The van der Waals surface area contributed by atoms with Crippen LogP contribution in [0.5, 0.6) is 5.75 Å². The van der Waals surface area contributed by atoms with Crippen molar-refractivity contribution in [3.63, 3.8) is 0 Å². The highest BCUT2D eigenvalue weighted by Gasteiger charge is 2.43. The van der Waals surface area contributed by atoms with Crippen molar-refractivity contribution in [3.05, 3.63) is 41.5 Å². The summed E-state index contributed by atoms with van der Waals surface area (Å²) < 4.78 is 7.80. The van der Waals surface area contributed by atoms with Crippen molar-refractivity contribution < 1.29 is 9.53 Å². The third kappa shape index (κ3) is 3.52. The molecule has 1 aromatic carbocycles. The van der Waals surface area contributed by atoms with E-state index in [1.165, 1.54) is 19.3 Å². The Morgan fingerprint density at radius 3 is 2.71 bits per heavy atom. The normalized spacial score (nSPS) is 18.8. The van der Waals surface area contributed by atoms with Crippen LogP contribution in [0.15, 0.2) is 24.3 Å². The van der Waals surface area contributed by atoms with Gasteiger partial charge in [0.15, 0.2) is 5.82 Å². The summed E-state index contributed by atoms with van der Waals surface area (Å²) in [6.07, 6.45) is 9.55. The van der Waals surface area contributed by atoms with Gasteiger partial charge >= 0.3 is 0 Å². The zero-order chi connectivity index (χ0) is 19.4. The predicted octanol–water partition coefficient (Wildman–Crippen LogP) is 3.53. The highest BCUT2D eigenvalue weighted by Crippen LogP contribution is 2.43. The maximum absolute atomic E-state index is 13.5. The monoisotopic (exact) mass is 382 g/mol. The number of benzene rings is 1. The molecule has 0 unspecified atom stereocenters. The summed E-state index contributed by atoms with van der Waals surface area (Å²) in [6.45, 7) is 1.38. The van der Waals surface area contributed by atoms with Gasteiger partial charge in [0.2, 0.25) is 5.91 Å². The number of para-hydroxylation sites is 1. The highest BCUT2D eigenvalue weighted by atomic mass is 16.5. The standard InChI is InChI=1S/C22H30N4O2/c1-28-18-11-6-5-10-17(18)22(13-7-3-8-14-22)21(27)23-16-20-25-24-19-12-4-2-9-15-26(19)20/h5-6,10-11H,2-4,7-9,12-16H2,1H3,(H,23,27). The van der Waals surface area contributed by atoms with Crippen LogP contribution in [0.2, 0.25) is 0 Å². The molecule has 6 nitrogen and oxygen atoms in total. The number of amides is 1. The van der Waals surface area contributed by atoms with Crippen LogP contribution in [0, 0.1) is 0 Å². The molecule has 2 aromatic rings. The quantitative estimate of drug-likeness (QED) is 0.859. The third-order valence-corrected chi connectivity index (χ3v) is 6.36. The molecule has 1 aliphatic carbocycles. The van der Waals surface area contributed by atoms with Gasteiger partial charge in [-0.05, 0) is 31.7 Å². The number of rotatable bonds is 5. The first kappa shape index (κ1) is 19.0. The number of methoxy groups -OCH3 is 1. The molecule has 6 heteroatoms. The Balaban J connectivity index is 1.57. The van der Waals surface area contributed by atoms with Crippen molar-refractivity contribution in [1.29, 1.82) is 0 Å². The van der Waals surface area contributed by atoms with E-state index in [2.05, 4.69) is 20.1 Å². The largest absolute Gasteiger partial charge is 0.496 e. The third-order valence-electron chi connectivity index (χ3n) is 6.36. The lowest BCUT2D eigenvalue weighted by Gasteiger charge is -2.37. The molecule has 1 saturated carbocycles. The lowest BCUT2D eigenvalue weighted by molar-refractivity contribution is -0.128. The summed E-state index contributed by atoms with van der Waals surface area (Å²) in [5.74, 6) is 2.81. The van der Waals surface area contributed by atoms with Gasteiger partial charge < -0.3 is 14.6 Å². The predicted molar refractivity (Wildman–Crippen MR) is 107 cm³/mol. The molecular weight excluding hydrogens is 352 g/mol. The molecule has 0 bridgehead atoms. The Hall–Kier alpha value is -2.37. The lowest BCUT2D eigenvalue weighted by Crippen LogP contribution is -2.46. The number of aryl methyl sites for hydroxylation is 1. The van der Waals surface area contributed by atoms with Gasteiger partial charge in [0.25, 0.3) is 0 Å². The molecule has 150 valence electrons. The van der Waals surface area contributed by atoms with Gasteiger partial charge in [-0.1, -0.05) is 43.9 Å². The summed E-state index contributed by atoms with van der Waals surface area (Å²) in [4.78, 5) is 13.5. The molecular formula is C22H30N4O2. The molecule has 0 spiro atoms. The van der Waals surface area contributed by atoms with Gasteiger partial charge in [0, 0.05) is 18.5 Å². The minimum absolute atomic E-state index is 0.0858. The van der Waals surface area contributed by atoms with E-state index in [0.717, 1.165) is 68.0 Å². The van der Waals surface area contributed by atoms with Crippen LogP contribution in [0.4, 0.5) is 0 Å². The molecule has 4 rings (SSSR count). The second-order valence-electron chi connectivity index (χ2n) is 8.02. The molecule has 1 fully saturated rings.